The van der Waals surface area contributed by atoms with Gasteiger partial charge in [0, 0.05) is 48.0 Å². The second kappa shape index (κ2) is 12.0. The van der Waals surface area contributed by atoms with Gasteiger partial charge >= 0.3 is 0 Å². The first-order valence-corrected chi connectivity index (χ1v) is 14.1. The Hall–Kier alpha value is -0.690. The van der Waals surface area contributed by atoms with Gasteiger partial charge in [0.2, 0.25) is 5.91 Å². The molecule has 0 aromatic rings. The van der Waals surface area contributed by atoms with Crippen molar-refractivity contribution in [2.24, 2.45) is 23.2 Å². The van der Waals surface area contributed by atoms with Crippen LogP contribution in [-0.2, 0) is 9.59 Å². The SMILES string of the molecule is CCN(C1CC(Cl)CC(C=O)(CNCC2C(=O)NC(C)CC2C)C1C)[C@H]1CC[C@@H](N(C)C)CC1. The van der Waals surface area contributed by atoms with Gasteiger partial charge in [-0.3, -0.25) is 9.69 Å². The molecule has 1 saturated heterocycles. The molecule has 6 nitrogen and oxygen atoms in total. The fraction of sp³-hybridized carbons (Fsp3) is 0.926. The molecule has 2 aliphatic carbocycles. The lowest BCUT2D eigenvalue weighted by atomic mass is 9.64. The Morgan fingerprint density at radius 1 is 1.12 bits per heavy atom. The van der Waals surface area contributed by atoms with Gasteiger partial charge in [-0.1, -0.05) is 20.8 Å². The zero-order valence-corrected chi connectivity index (χ0v) is 23.1. The molecular formula is C27H49ClN4O2. The monoisotopic (exact) mass is 496 g/mol. The van der Waals surface area contributed by atoms with Crippen molar-refractivity contribution in [3.8, 4) is 0 Å². The summed E-state index contributed by atoms with van der Waals surface area (Å²) in [5, 5.41) is 6.63. The van der Waals surface area contributed by atoms with E-state index >= 15 is 0 Å². The normalized spacial score (nSPS) is 41.5. The molecule has 0 aromatic carbocycles. The van der Waals surface area contributed by atoms with Crippen LogP contribution in [0, 0.1) is 23.2 Å². The quantitative estimate of drug-likeness (QED) is 0.377. The van der Waals surface area contributed by atoms with Gasteiger partial charge in [-0.25, -0.2) is 0 Å². The molecular weight excluding hydrogens is 448 g/mol. The molecule has 3 rings (SSSR count). The summed E-state index contributed by atoms with van der Waals surface area (Å²) in [7, 11) is 4.38. The third kappa shape index (κ3) is 6.16. The number of carbonyl (C=O) groups is 2. The van der Waals surface area contributed by atoms with E-state index in [9.17, 15) is 9.59 Å². The van der Waals surface area contributed by atoms with Crippen molar-refractivity contribution in [2.45, 2.75) is 102 Å². The van der Waals surface area contributed by atoms with Gasteiger partial charge in [0.15, 0.2) is 0 Å². The summed E-state index contributed by atoms with van der Waals surface area (Å²) in [6.07, 6.45) is 8.73. The molecule has 0 bridgehead atoms. The number of carbonyl (C=O) groups excluding carboxylic acids is 2. The number of hydrogen-bond acceptors (Lipinski definition) is 5. The van der Waals surface area contributed by atoms with Crippen LogP contribution in [0.1, 0.15) is 72.6 Å². The predicted molar refractivity (Wildman–Crippen MR) is 140 cm³/mol. The molecule has 1 heterocycles. The van der Waals surface area contributed by atoms with E-state index in [0.29, 0.717) is 43.6 Å². The van der Waals surface area contributed by atoms with Gasteiger partial charge < -0.3 is 20.3 Å². The van der Waals surface area contributed by atoms with E-state index in [2.05, 4.69) is 62.2 Å². The molecule has 7 heteroatoms. The fourth-order valence-electron chi connectivity index (χ4n) is 7.20. The number of nitrogens with zero attached hydrogens (tertiary/aromatic N) is 2. The standard InChI is InChI=1S/C27H49ClN4O2/c1-7-32(23-10-8-22(9-11-23)31(5)6)25-13-21(28)14-27(17-33,20(25)4)16-29-15-24-18(2)12-19(3)30-26(24)34/h17-25,29H,7-16H2,1-6H3,(H,30,34)/t18?,19?,20?,21?,22-,23+,24?,25?,27?. The van der Waals surface area contributed by atoms with E-state index in [1.54, 1.807) is 0 Å². The third-order valence-corrected chi connectivity index (χ3v) is 9.76. The van der Waals surface area contributed by atoms with E-state index in [1.807, 2.05) is 0 Å². The van der Waals surface area contributed by atoms with Crippen LogP contribution in [0.2, 0.25) is 0 Å². The summed E-state index contributed by atoms with van der Waals surface area (Å²) in [5.74, 6) is 0.653. The third-order valence-electron chi connectivity index (χ3n) is 9.43. The maximum atomic E-state index is 12.6. The molecule has 196 valence electrons. The van der Waals surface area contributed by atoms with Gasteiger partial charge in [0.25, 0.3) is 0 Å². The van der Waals surface area contributed by atoms with Crippen molar-refractivity contribution >= 4 is 23.8 Å². The Bertz CT molecular complexity index is 684. The molecule has 0 radical (unpaired) electrons. The number of halogens is 1. The molecule has 0 aromatic heterocycles. The first-order chi connectivity index (χ1) is 16.1. The minimum absolute atomic E-state index is 0.00174. The molecule has 7 atom stereocenters. The summed E-state index contributed by atoms with van der Waals surface area (Å²) in [4.78, 5) is 30.2. The Labute approximate surface area is 212 Å². The van der Waals surface area contributed by atoms with Crippen LogP contribution in [0.25, 0.3) is 0 Å². The minimum Gasteiger partial charge on any atom is -0.353 e. The smallest absolute Gasteiger partial charge is 0.224 e. The zero-order chi connectivity index (χ0) is 25.0. The Morgan fingerprint density at radius 3 is 2.32 bits per heavy atom. The summed E-state index contributed by atoms with van der Waals surface area (Å²) < 4.78 is 0. The second-order valence-electron chi connectivity index (χ2n) is 11.9. The molecule has 1 amide bonds. The van der Waals surface area contributed by atoms with Crippen LogP contribution in [0.15, 0.2) is 0 Å². The average Bonchev–Trinajstić information content (AvgIpc) is 2.79. The van der Waals surface area contributed by atoms with Crippen molar-refractivity contribution in [2.75, 3.05) is 33.7 Å². The molecule has 7 unspecified atom stereocenters. The van der Waals surface area contributed by atoms with Gasteiger partial charge in [-0.15, -0.1) is 11.6 Å². The van der Waals surface area contributed by atoms with Crippen LogP contribution in [0.4, 0.5) is 0 Å². The first kappa shape index (κ1) is 27.9. The van der Waals surface area contributed by atoms with E-state index in [-0.39, 0.29) is 29.2 Å². The number of amides is 1. The van der Waals surface area contributed by atoms with Crippen LogP contribution >= 0.6 is 11.6 Å². The molecule has 0 spiro atoms. The van der Waals surface area contributed by atoms with E-state index in [1.165, 1.54) is 32.0 Å². The highest BCUT2D eigenvalue weighted by atomic mass is 35.5. The van der Waals surface area contributed by atoms with Gasteiger partial charge in [0.1, 0.15) is 6.29 Å². The van der Waals surface area contributed by atoms with Crippen molar-refractivity contribution in [1.29, 1.82) is 0 Å². The minimum atomic E-state index is -0.495. The maximum Gasteiger partial charge on any atom is 0.224 e. The number of rotatable bonds is 9. The van der Waals surface area contributed by atoms with Crippen LogP contribution in [0.3, 0.4) is 0 Å². The largest absolute Gasteiger partial charge is 0.353 e. The number of piperidine rings is 1. The average molecular weight is 497 g/mol. The lowest BCUT2D eigenvalue weighted by molar-refractivity contribution is -0.129. The molecule has 34 heavy (non-hydrogen) atoms. The van der Waals surface area contributed by atoms with Crippen LogP contribution < -0.4 is 10.6 Å². The number of nitrogens with one attached hydrogen (secondary N) is 2. The number of aldehydes is 1. The lowest BCUT2D eigenvalue weighted by Gasteiger charge is -2.52. The summed E-state index contributed by atoms with van der Waals surface area (Å²) in [6.45, 7) is 10.9. The van der Waals surface area contributed by atoms with Crippen molar-refractivity contribution < 1.29 is 9.59 Å². The molecule has 3 aliphatic rings. The number of alkyl halides is 1. The van der Waals surface area contributed by atoms with Crippen molar-refractivity contribution in [1.82, 2.24) is 20.4 Å². The summed E-state index contributed by atoms with van der Waals surface area (Å²) in [5.41, 5.74) is -0.495. The fourth-order valence-corrected chi connectivity index (χ4v) is 7.67. The van der Waals surface area contributed by atoms with E-state index in [0.717, 1.165) is 19.4 Å². The van der Waals surface area contributed by atoms with Gasteiger partial charge in [0.05, 0.1) is 5.92 Å². The highest BCUT2D eigenvalue weighted by Gasteiger charge is 2.49. The van der Waals surface area contributed by atoms with E-state index in [4.69, 9.17) is 11.6 Å². The predicted octanol–water partition coefficient (Wildman–Crippen LogP) is 3.52. The maximum absolute atomic E-state index is 12.6. The van der Waals surface area contributed by atoms with Gasteiger partial charge in [-0.05, 0) is 84.3 Å². The highest BCUT2D eigenvalue weighted by Crippen LogP contribution is 2.45. The summed E-state index contributed by atoms with van der Waals surface area (Å²) >= 11 is 6.85. The Balaban J connectivity index is 1.67. The summed E-state index contributed by atoms with van der Waals surface area (Å²) in [6, 6.07) is 1.80. The Morgan fingerprint density at radius 2 is 1.76 bits per heavy atom. The molecule has 3 fully saturated rings. The molecule has 2 N–H and O–H groups in total. The second-order valence-corrected chi connectivity index (χ2v) is 12.5. The van der Waals surface area contributed by atoms with Crippen LogP contribution in [0.5, 0.6) is 0 Å². The zero-order valence-electron chi connectivity index (χ0n) is 22.4. The Kier molecular flexibility index (Phi) is 9.87. The topological polar surface area (TPSA) is 64.7 Å². The van der Waals surface area contributed by atoms with Crippen LogP contribution in [-0.4, -0.2) is 85.3 Å². The first-order valence-electron chi connectivity index (χ1n) is 13.7. The number of hydrogen-bond donors (Lipinski definition) is 2. The molecule has 1 aliphatic heterocycles. The van der Waals surface area contributed by atoms with Crippen molar-refractivity contribution in [3.05, 3.63) is 0 Å². The lowest BCUT2D eigenvalue weighted by Crippen LogP contribution is -2.59. The van der Waals surface area contributed by atoms with Gasteiger partial charge in [-0.2, -0.15) is 0 Å². The van der Waals surface area contributed by atoms with E-state index < -0.39 is 5.41 Å². The molecule has 2 saturated carbocycles. The van der Waals surface area contributed by atoms with Crippen molar-refractivity contribution in [3.63, 3.8) is 0 Å². The highest BCUT2D eigenvalue weighted by molar-refractivity contribution is 6.20.